The Morgan fingerprint density at radius 1 is 1.50 bits per heavy atom. The van der Waals surface area contributed by atoms with E-state index in [1.165, 1.54) is 6.07 Å². The fraction of sp³-hybridized carbons (Fsp3) is 0.231. The molecule has 0 aliphatic heterocycles. The molecule has 9 heteroatoms. The van der Waals surface area contributed by atoms with Crippen LogP contribution in [0.15, 0.2) is 30.5 Å². The van der Waals surface area contributed by atoms with Crippen molar-refractivity contribution < 1.29 is 19.6 Å². The molecule has 0 aliphatic carbocycles. The zero-order valence-electron chi connectivity index (χ0n) is 11.7. The molecular formula is C13H14N4O5. The number of nitro benzene ring substituents is 1. The van der Waals surface area contributed by atoms with Crippen LogP contribution in [0.3, 0.4) is 0 Å². The summed E-state index contributed by atoms with van der Waals surface area (Å²) in [6.07, 6.45) is 1.68. The third-order valence-corrected chi connectivity index (χ3v) is 2.84. The van der Waals surface area contributed by atoms with Crippen LogP contribution in [0.1, 0.15) is 10.4 Å². The van der Waals surface area contributed by atoms with Gasteiger partial charge in [0.05, 0.1) is 18.1 Å². The number of hydrogen-bond donors (Lipinski definition) is 2. The Balaban J connectivity index is 2.07. The molecule has 9 nitrogen and oxygen atoms in total. The summed E-state index contributed by atoms with van der Waals surface area (Å²) in [6.45, 7) is 1.04. The summed E-state index contributed by atoms with van der Waals surface area (Å²) >= 11 is 0. The number of phenolic OH excluding ortho intramolecular Hbond substituents is 1. The third kappa shape index (κ3) is 3.58. The predicted molar refractivity (Wildman–Crippen MR) is 76.8 cm³/mol. The average molecular weight is 306 g/mol. The van der Waals surface area contributed by atoms with E-state index in [1.54, 1.807) is 24.1 Å². The molecule has 2 rings (SSSR count). The lowest BCUT2D eigenvalue weighted by atomic mass is 10.2. The first kappa shape index (κ1) is 15.4. The van der Waals surface area contributed by atoms with Gasteiger partial charge in [-0.2, -0.15) is 5.10 Å². The number of ether oxygens (including phenoxy) is 1. The van der Waals surface area contributed by atoms with Gasteiger partial charge in [-0.25, -0.2) is 0 Å². The van der Waals surface area contributed by atoms with Crippen LogP contribution in [-0.2, 0) is 11.3 Å². The fourth-order valence-corrected chi connectivity index (χ4v) is 1.75. The number of nitrogens with one attached hydrogen (secondary N) is 1. The smallest absolute Gasteiger partial charge is 0.310 e. The lowest BCUT2D eigenvalue weighted by molar-refractivity contribution is -0.385. The van der Waals surface area contributed by atoms with E-state index in [0.29, 0.717) is 19.0 Å². The molecule has 1 amide bonds. The van der Waals surface area contributed by atoms with Gasteiger partial charge in [0, 0.05) is 31.0 Å². The zero-order chi connectivity index (χ0) is 16.1. The highest BCUT2D eigenvalue weighted by molar-refractivity contribution is 6.04. The van der Waals surface area contributed by atoms with E-state index in [2.05, 4.69) is 10.4 Å². The van der Waals surface area contributed by atoms with Gasteiger partial charge in [-0.1, -0.05) is 0 Å². The van der Waals surface area contributed by atoms with Gasteiger partial charge in [0.15, 0.2) is 11.6 Å². The van der Waals surface area contributed by atoms with Gasteiger partial charge in [-0.15, -0.1) is 0 Å². The number of rotatable bonds is 6. The monoisotopic (exact) mass is 306 g/mol. The molecule has 1 heterocycles. The number of nitrogens with zero attached hydrogens (tertiary/aromatic N) is 3. The minimum Gasteiger partial charge on any atom is -0.502 e. The number of aromatic nitrogens is 2. The Hall–Kier alpha value is -2.94. The Labute approximate surface area is 125 Å². The van der Waals surface area contributed by atoms with Crippen molar-refractivity contribution in [1.82, 2.24) is 9.78 Å². The summed E-state index contributed by atoms with van der Waals surface area (Å²) in [4.78, 5) is 21.9. The van der Waals surface area contributed by atoms with Crippen molar-refractivity contribution in [3.8, 4) is 5.75 Å². The van der Waals surface area contributed by atoms with Crippen LogP contribution in [0.5, 0.6) is 5.75 Å². The Bertz CT molecular complexity index is 697. The van der Waals surface area contributed by atoms with Gasteiger partial charge in [0.1, 0.15) is 0 Å². The summed E-state index contributed by atoms with van der Waals surface area (Å²) in [6, 6.07) is 4.98. The lowest BCUT2D eigenvalue weighted by Gasteiger charge is -2.03. The zero-order valence-corrected chi connectivity index (χ0v) is 11.7. The minimum atomic E-state index is -0.728. The van der Waals surface area contributed by atoms with Gasteiger partial charge in [-0.3, -0.25) is 19.6 Å². The number of nitro groups is 1. The fourth-order valence-electron chi connectivity index (χ4n) is 1.75. The summed E-state index contributed by atoms with van der Waals surface area (Å²) in [5.41, 5.74) is -0.366. The summed E-state index contributed by atoms with van der Waals surface area (Å²) in [7, 11) is 1.58. The number of benzene rings is 1. The average Bonchev–Trinajstić information content (AvgIpc) is 2.92. The van der Waals surface area contributed by atoms with Crippen LogP contribution in [0.25, 0.3) is 0 Å². The first-order chi connectivity index (χ1) is 10.5. The van der Waals surface area contributed by atoms with Crippen molar-refractivity contribution in [2.24, 2.45) is 0 Å². The normalized spacial score (nSPS) is 10.4. The van der Waals surface area contributed by atoms with E-state index < -0.39 is 22.3 Å². The number of carbonyl (C=O) groups is 1. The van der Waals surface area contributed by atoms with Crippen molar-refractivity contribution in [3.05, 3.63) is 46.1 Å². The van der Waals surface area contributed by atoms with Gasteiger partial charge >= 0.3 is 5.69 Å². The molecule has 0 aliphatic rings. The minimum absolute atomic E-state index is 0.0922. The van der Waals surface area contributed by atoms with Crippen molar-refractivity contribution in [3.63, 3.8) is 0 Å². The maximum atomic E-state index is 12.0. The number of methoxy groups -OCH3 is 1. The molecule has 22 heavy (non-hydrogen) atoms. The Morgan fingerprint density at radius 3 is 2.91 bits per heavy atom. The molecule has 0 saturated heterocycles. The highest BCUT2D eigenvalue weighted by Crippen LogP contribution is 2.26. The highest BCUT2D eigenvalue weighted by atomic mass is 16.6. The Morgan fingerprint density at radius 2 is 2.27 bits per heavy atom. The topological polar surface area (TPSA) is 120 Å². The molecule has 2 N–H and O–H groups in total. The molecule has 116 valence electrons. The third-order valence-electron chi connectivity index (χ3n) is 2.84. The predicted octanol–water partition coefficient (Wildman–Crippen LogP) is 1.40. The van der Waals surface area contributed by atoms with Crippen LogP contribution in [0.2, 0.25) is 0 Å². The second kappa shape index (κ2) is 6.68. The molecule has 0 fully saturated rings. The number of phenols is 1. The summed E-state index contributed by atoms with van der Waals surface area (Å²) in [5.74, 6) is -0.760. The standard InChI is InChI=1S/C13H14N4O5/c1-22-7-6-16-5-4-12(15-16)14-13(19)9-2-3-10(17(20)21)11(18)8-9/h2-5,8,18H,6-7H2,1H3,(H,14,15,19). The lowest BCUT2D eigenvalue weighted by Crippen LogP contribution is -2.13. The van der Waals surface area contributed by atoms with Crippen molar-refractivity contribution in [1.29, 1.82) is 0 Å². The molecule has 2 aromatic rings. The maximum Gasteiger partial charge on any atom is 0.310 e. The molecule has 1 aromatic heterocycles. The quantitative estimate of drug-likeness (QED) is 0.615. The van der Waals surface area contributed by atoms with Crippen molar-refractivity contribution in [2.45, 2.75) is 6.54 Å². The number of hydrogen-bond acceptors (Lipinski definition) is 6. The molecule has 0 atom stereocenters. The van der Waals surface area contributed by atoms with E-state index in [1.807, 2.05) is 0 Å². The molecule has 0 unspecified atom stereocenters. The van der Waals surface area contributed by atoms with E-state index in [-0.39, 0.29) is 5.56 Å². The first-order valence-electron chi connectivity index (χ1n) is 6.32. The summed E-state index contributed by atoms with van der Waals surface area (Å²) < 4.78 is 6.52. The van der Waals surface area contributed by atoms with Gasteiger partial charge in [-0.05, 0) is 12.1 Å². The Kier molecular flexibility index (Phi) is 4.69. The molecular weight excluding hydrogens is 292 g/mol. The van der Waals surface area contributed by atoms with Crippen LogP contribution in [0.4, 0.5) is 11.5 Å². The molecule has 1 aromatic carbocycles. The van der Waals surface area contributed by atoms with Crippen molar-refractivity contribution >= 4 is 17.4 Å². The van der Waals surface area contributed by atoms with Gasteiger partial charge < -0.3 is 15.2 Å². The van der Waals surface area contributed by atoms with E-state index in [9.17, 15) is 20.0 Å². The summed E-state index contributed by atoms with van der Waals surface area (Å²) in [5, 5.41) is 26.8. The molecule has 0 radical (unpaired) electrons. The van der Waals surface area contributed by atoms with Crippen LogP contribution in [0, 0.1) is 10.1 Å². The van der Waals surface area contributed by atoms with Crippen LogP contribution < -0.4 is 5.32 Å². The number of aromatic hydroxyl groups is 1. The first-order valence-corrected chi connectivity index (χ1v) is 6.32. The van der Waals surface area contributed by atoms with E-state index >= 15 is 0 Å². The number of carbonyl (C=O) groups excluding carboxylic acids is 1. The largest absolute Gasteiger partial charge is 0.502 e. The van der Waals surface area contributed by atoms with Gasteiger partial charge in [0.2, 0.25) is 0 Å². The molecule has 0 bridgehead atoms. The number of anilines is 1. The van der Waals surface area contributed by atoms with Gasteiger partial charge in [0.25, 0.3) is 5.91 Å². The number of amides is 1. The van der Waals surface area contributed by atoms with E-state index in [4.69, 9.17) is 4.74 Å². The SMILES string of the molecule is COCCn1ccc(NC(=O)c2ccc([N+](=O)[O-])c(O)c2)n1. The maximum absolute atomic E-state index is 12.0. The van der Waals surface area contributed by atoms with Crippen LogP contribution in [-0.4, -0.2) is 39.4 Å². The molecule has 0 saturated carbocycles. The molecule has 0 spiro atoms. The van der Waals surface area contributed by atoms with Crippen LogP contribution >= 0.6 is 0 Å². The second-order valence-electron chi connectivity index (χ2n) is 4.37. The highest BCUT2D eigenvalue weighted by Gasteiger charge is 2.16. The van der Waals surface area contributed by atoms with E-state index in [0.717, 1.165) is 12.1 Å². The van der Waals surface area contributed by atoms with Crippen molar-refractivity contribution in [2.75, 3.05) is 19.0 Å². The second-order valence-corrected chi connectivity index (χ2v) is 4.37.